The molecule has 9 heteroatoms. The Kier molecular flexibility index (Phi) is 5.89. The average Bonchev–Trinajstić information content (AvgIpc) is 2.82. The molecule has 0 fully saturated rings. The number of carbonyl (C=O) groups is 2. The lowest BCUT2D eigenvalue weighted by Crippen LogP contribution is -2.45. The molecule has 0 bridgehead atoms. The minimum atomic E-state index is -3.53. The Balaban J connectivity index is 2.74. The lowest BCUT2D eigenvalue weighted by molar-refractivity contribution is -0.138. The third-order valence-corrected chi connectivity index (χ3v) is 4.52. The number of aliphatic carboxylic acids is 1. The molecule has 0 aliphatic heterocycles. The summed E-state index contributed by atoms with van der Waals surface area (Å²) in [5.41, 5.74) is 0.660. The second kappa shape index (κ2) is 7.21. The minimum Gasteiger partial charge on any atom is -0.480 e. The maximum absolute atomic E-state index is 11.8. The fraction of sp³-hybridized carbons (Fsp3) is 0.583. The summed E-state index contributed by atoms with van der Waals surface area (Å²) in [6.45, 7) is 3.53. The molecule has 118 valence electrons. The summed E-state index contributed by atoms with van der Waals surface area (Å²) in [7, 11) is -3.53. The number of sulfone groups is 1. The lowest BCUT2D eigenvalue weighted by atomic mass is 10.3. The molecular weight excluding hydrogens is 298 g/mol. The largest absolute Gasteiger partial charge is 0.480 e. The number of carbonyl (C=O) groups excluding carboxylic acids is 1. The quantitative estimate of drug-likeness (QED) is 0.624. The van der Waals surface area contributed by atoms with Crippen LogP contribution in [0, 0.1) is 6.92 Å². The fourth-order valence-corrected chi connectivity index (χ4v) is 3.27. The van der Waals surface area contributed by atoms with Gasteiger partial charge in [0.2, 0.25) is 0 Å². The molecule has 21 heavy (non-hydrogen) atoms. The van der Waals surface area contributed by atoms with Crippen molar-refractivity contribution in [2.75, 3.05) is 11.5 Å². The number of H-pyrrole nitrogens is 1. The zero-order valence-electron chi connectivity index (χ0n) is 11.9. The molecule has 1 aromatic heterocycles. The number of carboxylic acids is 1. The number of aryl methyl sites for hydroxylation is 1. The van der Waals surface area contributed by atoms with E-state index >= 15 is 0 Å². The Morgan fingerprint density at radius 2 is 2.14 bits per heavy atom. The van der Waals surface area contributed by atoms with Crippen molar-refractivity contribution in [2.24, 2.45) is 0 Å². The number of aromatic amines is 1. The van der Waals surface area contributed by atoms with Crippen molar-refractivity contribution in [1.29, 1.82) is 0 Å². The second-order valence-corrected chi connectivity index (χ2v) is 7.00. The number of rotatable bonds is 8. The van der Waals surface area contributed by atoms with Crippen molar-refractivity contribution in [3.05, 3.63) is 17.5 Å². The van der Waals surface area contributed by atoms with E-state index in [2.05, 4.69) is 15.5 Å². The molecule has 0 saturated carbocycles. The first-order valence-electron chi connectivity index (χ1n) is 6.51. The number of carboxylic acid groups (broad SMARTS) is 1. The van der Waals surface area contributed by atoms with Gasteiger partial charge in [0.1, 0.15) is 11.7 Å². The van der Waals surface area contributed by atoms with Gasteiger partial charge in [-0.1, -0.05) is 13.3 Å². The molecule has 0 aromatic carbocycles. The van der Waals surface area contributed by atoms with Gasteiger partial charge in [-0.05, 0) is 19.4 Å². The molecule has 1 heterocycles. The number of nitrogens with zero attached hydrogens (tertiary/aromatic N) is 1. The highest BCUT2D eigenvalue weighted by atomic mass is 32.2. The molecule has 0 spiro atoms. The number of amides is 1. The first-order chi connectivity index (χ1) is 9.75. The highest BCUT2D eigenvalue weighted by Gasteiger charge is 2.27. The van der Waals surface area contributed by atoms with Crippen LogP contribution < -0.4 is 5.32 Å². The maximum Gasteiger partial charge on any atom is 0.327 e. The molecule has 1 amide bonds. The predicted molar refractivity (Wildman–Crippen MR) is 75.8 cm³/mol. The van der Waals surface area contributed by atoms with Gasteiger partial charge in [-0.2, -0.15) is 5.10 Å². The van der Waals surface area contributed by atoms with Gasteiger partial charge in [-0.3, -0.25) is 9.89 Å². The molecule has 3 N–H and O–H groups in total. The number of unbranched alkanes of at least 4 members (excludes halogenated alkanes) is 1. The molecule has 0 unspecified atom stereocenters. The van der Waals surface area contributed by atoms with E-state index in [1.54, 1.807) is 6.92 Å². The van der Waals surface area contributed by atoms with E-state index in [9.17, 15) is 18.0 Å². The second-order valence-electron chi connectivity index (χ2n) is 4.77. The third-order valence-electron chi connectivity index (χ3n) is 2.77. The molecule has 0 saturated heterocycles. The van der Waals surface area contributed by atoms with Gasteiger partial charge in [0.25, 0.3) is 5.91 Å². The monoisotopic (exact) mass is 317 g/mol. The van der Waals surface area contributed by atoms with E-state index in [1.165, 1.54) is 6.07 Å². The van der Waals surface area contributed by atoms with Gasteiger partial charge in [0, 0.05) is 5.69 Å². The van der Waals surface area contributed by atoms with Gasteiger partial charge in [-0.15, -0.1) is 0 Å². The summed E-state index contributed by atoms with van der Waals surface area (Å²) >= 11 is 0. The Hall–Kier alpha value is -1.90. The lowest BCUT2D eigenvalue weighted by Gasteiger charge is -2.13. The van der Waals surface area contributed by atoms with Crippen LogP contribution >= 0.6 is 0 Å². The molecule has 1 rings (SSSR count). The summed E-state index contributed by atoms with van der Waals surface area (Å²) in [4.78, 5) is 22.9. The maximum atomic E-state index is 11.8. The van der Waals surface area contributed by atoms with Gasteiger partial charge < -0.3 is 10.4 Å². The number of hydrogen-bond donors (Lipinski definition) is 3. The summed E-state index contributed by atoms with van der Waals surface area (Å²) in [6.07, 6.45) is 1.15. The predicted octanol–water partition coefficient (Wildman–Crippen LogP) is 0.116. The highest BCUT2D eigenvalue weighted by molar-refractivity contribution is 7.91. The summed E-state index contributed by atoms with van der Waals surface area (Å²) < 4.78 is 23.6. The SMILES string of the molecule is CCCCS(=O)(=O)C[C@@H](NC(=O)c1cc(C)[nH]n1)C(=O)O. The Morgan fingerprint density at radius 3 is 2.62 bits per heavy atom. The molecule has 0 aliphatic rings. The summed E-state index contributed by atoms with van der Waals surface area (Å²) in [6, 6.07) is -0.0452. The van der Waals surface area contributed by atoms with Gasteiger partial charge in [0.15, 0.2) is 9.84 Å². The van der Waals surface area contributed by atoms with Crippen LogP contribution in [0.1, 0.15) is 35.9 Å². The fourth-order valence-electron chi connectivity index (χ4n) is 1.64. The zero-order chi connectivity index (χ0) is 16.0. The number of nitrogens with one attached hydrogen (secondary N) is 2. The van der Waals surface area contributed by atoms with Crippen molar-refractivity contribution in [3.63, 3.8) is 0 Å². The van der Waals surface area contributed by atoms with E-state index in [4.69, 9.17) is 5.11 Å². The van der Waals surface area contributed by atoms with E-state index in [0.717, 1.165) is 0 Å². The molecule has 0 radical (unpaired) electrons. The Morgan fingerprint density at radius 1 is 1.48 bits per heavy atom. The van der Waals surface area contributed by atoms with E-state index < -0.39 is 33.5 Å². The number of aromatic nitrogens is 2. The van der Waals surface area contributed by atoms with Crippen LogP contribution in [0.3, 0.4) is 0 Å². The normalized spacial score (nSPS) is 12.9. The molecular formula is C12H19N3O5S. The van der Waals surface area contributed by atoms with Crippen molar-refractivity contribution in [1.82, 2.24) is 15.5 Å². The van der Waals surface area contributed by atoms with Crippen molar-refractivity contribution < 1.29 is 23.1 Å². The van der Waals surface area contributed by atoms with Crippen LogP contribution in [0.4, 0.5) is 0 Å². The van der Waals surface area contributed by atoms with Crippen LogP contribution in [0.25, 0.3) is 0 Å². The van der Waals surface area contributed by atoms with Crippen LogP contribution in [-0.2, 0) is 14.6 Å². The van der Waals surface area contributed by atoms with E-state index in [0.29, 0.717) is 18.5 Å². The Bertz CT molecular complexity index is 608. The van der Waals surface area contributed by atoms with Crippen LogP contribution in [0.5, 0.6) is 0 Å². The standard InChI is InChI=1S/C12H19N3O5S/c1-3-4-5-21(19,20)7-10(12(17)18)13-11(16)9-6-8(2)14-15-9/h6,10H,3-5,7H2,1-2H3,(H,13,16)(H,14,15)(H,17,18)/t10-/m1/s1. The first-order valence-corrected chi connectivity index (χ1v) is 8.33. The molecule has 0 aliphatic carbocycles. The topological polar surface area (TPSA) is 129 Å². The number of hydrogen-bond acceptors (Lipinski definition) is 5. The summed E-state index contributed by atoms with van der Waals surface area (Å²) in [5, 5.41) is 17.5. The van der Waals surface area contributed by atoms with Crippen molar-refractivity contribution in [3.8, 4) is 0 Å². The van der Waals surface area contributed by atoms with Gasteiger partial charge in [0.05, 0.1) is 11.5 Å². The van der Waals surface area contributed by atoms with E-state index in [-0.39, 0.29) is 11.4 Å². The van der Waals surface area contributed by atoms with E-state index in [1.807, 2.05) is 6.92 Å². The highest BCUT2D eigenvalue weighted by Crippen LogP contribution is 2.03. The smallest absolute Gasteiger partial charge is 0.327 e. The van der Waals surface area contributed by atoms with Gasteiger partial charge >= 0.3 is 5.97 Å². The molecule has 1 aromatic rings. The average molecular weight is 317 g/mol. The van der Waals surface area contributed by atoms with Crippen LogP contribution in [0.2, 0.25) is 0 Å². The molecule has 8 nitrogen and oxygen atoms in total. The Labute approximate surface area is 122 Å². The summed E-state index contributed by atoms with van der Waals surface area (Å²) in [5.74, 6) is -2.84. The van der Waals surface area contributed by atoms with Gasteiger partial charge in [-0.25, -0.2) is 13.2 Å². The van der Waals surface area contributed by atoms with Crippen molar-refractivity contribution >= 4 is 21.7 Å². The minimum absolute atomic E-state index is 0.0182. The molecule has 1 atom stereocenters. The third kappa shape index (κ3) is 5.54. The van der Waals surface area contributed by atoms with Crippen molar-refractivity contribution in [2.45, 2.75) is 32.7 Å². The van der Waals surface area contributed by atoms with Crippen LogP contribution in [-0.4, -0.2) is 53.1 Å². The first kappa shape index (κ1) is 17.2. The zero-order valence-corrected chi connectivity index (χ0v) is 12.7. The van der Waals surface area contributed by atoms with Crippen LogP contribution in [0.15, 0.2) is 6.07 Å².